The Hall–Kier alpha value is -1.40. The van der Waals surface area contributed by atoms with Crippen LogP contribution in [0.4, 0.5) is 0 Å². The first kappa shape index (κ1) is 16.1. The number of hydrogen-bond acceptors (Lipinski definition) is 5. The summed E-state index contributed by atoms with van der Waals surface area (Å²) in [5, 5.41) is 4.17. The number of hydrogen-bond donors (Lipinski definition) is 0. The number of ether oxygens (including phenoxy) is 1. The molecule has 1 aromatic heterocycles. The third-order valence-electron chi connectivity index (χ3n) is 5.74. The van der Waals surface area contributed by atoms with Gasteiger partial charge in [0.05, 0.1) is 31.3 Å². The van der Waals surface area contributed by atoms with Crippen LogP contribution in [-0.2, 0) is 9.53 Å². The van der Waals surface area contributed by atoms with Gasteiger partial charge in [-0.25, -0.2) is 0 Å². The van der Waals surface area contributed by atoms with Crippen LogP contribution in [0.15, 0.2) is 10.6 Å². The van der Waals surface area contributed by atoms with Gasteiger partial charge in [0.2, 0.25) is 5.91 Å². The Bertz CT molecular complexity index is 586. The van der Waals surface area contributed by atoms with Crippen molar-refractivity contribution in [3.05, 3.63) is 17.5 Å². The normalized spacial score (nSPS) is 31.2. The minimum Gasteiger partial charge on any atom is -0.374 e. The number of rotatable bonds is 3. The van der Waals surface area contributed by atoms with Crippen molar-refractivity contribution in [2.75, 3.05) is 26.2 Å². The van der Waals surface area contributed by atoms with E-state index in [2.05, 4.69) is 15.0 Å². The van der Waals surface area contributed by atoms with E-state index in [-0.39, 0.29) is 24.1 Å². The summed E-state index contributed by atoms with van der Waals surface area (Å²) in [6.07, 6.45) is 7.03. The first-order valence-corrected chi connectivity index (χ1v) is 9.31. The molecule has 0 spiro atoms. The Morgan fingerprint density at radius 2 is 2.12 bits per heavy atom. The van der Waals surface area contributed by atoms with E-state index >= 15 is 0 Å². The molecule has 0 N–H and O–H groups in total. The minimum atomic E-state index is 0.217. The highest BCUT2D eigenvalue weighted by Crippen LogP contribution is 2.32. The number of morpholine rings is 1. The number of aromatic nitrogens is 1. The Kier molecular flexibility index (Phi) is 4.59. The van der Waals surface area contributed by atoms with Crippen molar-refractivity contribution < 1.29 is 14.1 Å². The van der Waals surface area contributed by atoms with Crippen LogP contribution in [0, 0.1) is 6.92 Å². The van der Waals surface area contributed by atoms with Gasteiger partial charge in [-0.05, 0) is 39.2 Å². The predicted molar refractivity (Wildman–Crippen MR) is 88.5 cm³/mol. The summed E-state index contributed by atoms with van der Waals surface area (Å²) in [5.41, 5.74) is 0.968. The number of aryl methyl sites for hydroxylation is 1. The maximum Gasteiger partial charge on any atom is 0.237 e. The van der Waals surface area contributed by atoms with Gasteiger partial charge in [-0.1, -0.05) is 18.0 Å². The number of fused-ring (bicyclic) bond motifs is 1. The third kappa shape index (κ3) is 3.09. The molecule has 0 bridgehead atoms. The molecule has 1 amide bonds. The molecule has 132 valence electrons. The highest BCUT2D eigenvalue weighted by atomic mass is 16.5. The summed E-state index contributed by atoms with van der Waals surface area (Å²) in [6.45, 7) is 4.78. The molecule has 2 saturated heterocycles. The lowest BCUT2D eigenvalue weighted by Gasteiger charge is -2.44. The molecule has 4 rings (SSSR count). The molecule has 24 heavy (non-hydrogen) atoms. The van der Waals surface area contributed by atoms with Gasteiger partial charge >= 0.3 is 0 Å². The second kappa shape index (κ2) is 6.84. The summed E-state index contributed by atoms with van der Waals surface area (Å²) in [7, 11) is 0. The van der Waals surface area contributed by atoms with Crippen LogP contribution in [0.5, 0.6) is 0 Å². The van der Waals surface area contributed by atoms with Crippen LogP contribution in [-0.4, -0.2) is 59.3 Å². The van der Waals surface area contributed by atoms with Crippen LogP contribution in [0.3, 0.4) is 0 Å². The summed E-state index contributed by atoms with van der Waals surface area (Å²) >= 11 is 0. The highest BCUT2D eigenvalue weighted by molar-refractivity contribution is 5.79. The molecule has 0 radical (unpaired) electrons. The quantitative estimate of drug-likeness (QED) is 0.849. The summed E-state index contributed by atoms with van der Waals surface area (Å²) < 4.78 is 11.1. The van der Waals surface area contributed by atoms with Gasteiger partial charge in [-0.2, -0.15) is 0 Å². The summed E-state index contributed by atoms with van der Waals surface area (Å²) in [5.74, 6) is 1.09. The van der Waals surface area contributed by atoms with Crippen LogP contribution >= 0.6 is 0 Å². The standard InChI is InChI=1S/C18H27N3O3/c1-13-11-14(19-24-13)15-6-4-8-20(15)12-18(22)21-9-10-23-17-7-3-2-5-16(17)21/h11,15-17H,2-10,12H2,1H3/t15-,16+,17-/m0/s1. The smallest absolute Gasteiger partial charge is 0.237 e. The van der Waals surface area contributed by atoms with Gasteiger partial charge in [-0.3, -0.25) is 9.69 Å². The fourth-order valence-electron chi connectivity index (χ4n) is 4.56. The maximum absolute atomic E-state index is 13.0. The molecule has 3 heterocycles. The average molecular weight is 333 g/mol. The van der Waals surface area contributed by atoms with E-state index in [4.69, 9.17) is 9.26 Å². The second-order valence-corrected chi connectivity index (χ2v) is 7.34. The first-order valence-electron chi connectivity index (χ1n) is 9.31. The van der Waals surface area contributed by atoms with Crippen LogP contribution in [0.1, 0.15) is 56.0 Å². The lowest BCUT2D eigenvalue weighted by molar-refractivity contribution is -0.150. The number of carbonyl (C=O) groups is 1. The molecule has 2 aliphatic heterocycles. The predicted octanol–water partition coefficient (Wildman–Crippen LogP) is 2.29. The van der Waals surface area contributed by atoms with Crippen LogP contribution in [0.25, 0.3) is 0 Å². The van der Waals surface area contributed by atoms with E-state index in [9.17, 15) is 4.79 Å². The van der Waals surface area contributed by atoms with Crippen molar-refractivity contribution >= 4 is 5.91 Å². The molecule has 1 aliphatic carbocycles. The van der Waals surface area contributed by atoms with Crippen LogP contribution < -0.4 is 0 Å². The van der Waals surface area contributed by atoms with E-state index in [1.807, 2.05) is 13.0 Å². The van der Waals surface area contributed by atoms with Gasteiger partial charge in [-0.15, -0.1) is 0 Å². The number of amides is 1. The Morgan fingerprint density at radius 3 is 2.96 bits per heavy atom. The molecule has 6 heteroatoms. The first-order chi connectivity index (χ1) is 11.7. The van der Waals surface area contributed by atoms with Crippen LogP contribution in [0.2, 0.25) is 0 Å². The fourth-order valence-corrected chi connectivity index (χ4v) is 4.56. The molecule has 3 aliphatic rings. The Balaban J connectivity index is 1.43. The monoisotopic (exact) mass is 333 g/mol. The molecule has 0 aromatic carbocycles. The zero-order chi connectivity index (χ0) is 16.5. The Morgan fingerprint density at radius 1 is 1.25 bits per heavy atom. The van der Waals surface area contributed by atoms with E-state index in [0.717, 1.165) is 50.2 Å². The van der Waals surface area contributed by atoms with E-state index in [0.29, 0.717) is 13.2 Å². The van der Waals surface area contributed by atoms with Gasteiger partial charge < -0.3 is 14.2 Å². The van der Waals surface area contributed by atoms with E-state index < -0.39 is 0 Å². The molecule has 1 aromatic rings. The van der Waals surface area contributed by atoms with Crippen molar-refractivity contribution in [1.29, 1.82) is 0 Å². The molecular formula is C18H27N3O3. The van der Waals surface area contributed by atoms with Gasteiger partial charge in [0.15, 0.2) is 0 Å². The minimum absolute atomic E-state index is 0.217. The average Bonchev–Trinajstić information content (AvgIpc) is 3.23. The largest absolute Gasteiger partial charge is 0.374 e. The summed E-state index contributed by atoms with van der Waals surface area (Å²) in [6, 6.07) is 2.50. The SMILES string of the molecule is Cc1cc([C@@H]2CCCN2CC(=O)N2CCO[C@H]3CCCC[C@H]32)no1. The molecular weight excluding hydrogens is 306 g/mol. The van der Waals surface area contributed by atoms with Crippen molar-refractivity contribution in [2.45, 2.75) is 63.6 Å². The lowest BCUT2D eigenvalue weighted by Crippen LogP contribution is -2.56. The zero-order valence-corrected chi connectivity index (χ0v) is 14.4. The van der Waals surface area contributed by atoms with Gasteiger partial charge in [0.25, 0.3) is 0 Å². The lowest BCUT2D eigenvalue weighted by atomic mass is 9.90. The number of likely N-dealkylation sites (tertiary alicyclic amines) is 1. The Labute approximate surface area is 143 Å². The third-order valence-corrected chi connectivity index (χ3v) is 5.74. The molecule has 0 unspecified atom stereocenters. The van der Waals surface area contributed by atoms with Crippen molar-refractivity contribution in [3.63, 3.8) is 0 Å². The van der Waals surface area contributed by atoms with E-state index in [1.165, 1.54) is 12.8 Å². The zero-order valence-electron chi connectivity index (χ0n) is 14.4. The molecule has 1 saturated carbocycles. The molecule has 3 atom stereocenters. The van der Waals surface area contributed by atoms with Gasteiger partial charge in [0.1, 0.15) is 11.5 Å². The van der Waals surface area contributed by atoms with Crippen molar-refractivity contribution in [2.24, 2.45) is 0 Å². The second-order valence-electron chi connectivity index (χ2n) is 7.34. The van der Waals surface area contributed by atoms with Crippen molar-refractivity contribution in [1.82, 2.24) is 15.0 Å². The summed E-state index contributed by atoms with van der Waals surface area (Å²) in [4.78, 5) is 17.3. The number of carbonyl (C=O) groups excluding carboxylic acids is 1. The molecule has 6 nitrogen and oxygen atoms in total. The van der Waals surface area contributed by atoms with E-state index in [1.54, 1.807) is 0 Å². The topological polar surface area (TPSA) is 58.8 Å². The maximum atomic E-state index is 13.0. The number of nitrogens with zero attached hydrogens (tertiary/aromatic N) is 3. The highest BCUT2D eigenvalue weighted by Gasteiger charge is 2.38. The molecule has 3 fully saturated rings. The fraction of sp³-hybridized carbons (Fsp3) is 0.778. The van der Waals surface area contributed by atoms with Gasteiger partial charge in [0, 0.05) is 12.6 Å². The van der Waals surface area contributed by atoms with Crippen molar-refractivity contribution in [3.8, 4) is 0 Å².